The van der Waals surface area contributed by atoms with Gasteiger partial charge in [-0.2, -0.15) is 0 Å². The van der Waals surface area contributed by atoms with Crippen LogP contribution in [-0.4, -0.2) is 53.9 Å². The molecule has 2 amide bonds. The number of hydrogen-bond donors (Lipinski definition) is 1. The first kappa shape index (κ1) is 9.28. The maximum atomic E-state index is 11.3. The molecule has 1 rings (SSSR count). The Labute approximate surface area is 71.5 Å². The Hall–Kier alpha value is -0.810. The summed E-state index contributed by atoms with van der Waals surface area (Å²) < 4.78 is 0. The minimum Gasteiger partial charge on any atom is -0.389 e. The molecule has 1 saturated heterocycles. The largest absolute Gasteiger partial charge is 0.389 e. The molecule has 0 unspecified atom stereocenters. The fourth-order valence-electron chi connectivity index (χ4n) is 0.932. The molecule has 1 heterocycles. The van der Waals surface area contributed by atoms with Crippen LogP contribution in [0.15, 0.2) is 0 Å². The van der Waals surface area contributed by atoms with Crippen LogP contribution >= 0.6 is 0 Å². The zero-order chi connectivity index (χ0) is 9.14. The lowest BCUT2D eigenvalue weighted by Gasteiger charge is -2.21. The SMILES string of the molecule is CCN(C)C(=O)N1C[C@H](O)CO1. The highest BCUT2D eigenvalue weighted by atomic mass is 16.7. The van der Waals surface area contributed by atoms with Gasteiger partial charge in [0.15, 0.2) is 0 Å². The van der Waals surface area contributed by atoms with Crippen LogP contribution in [-0.2, 0) is 4.84 Å². The average molecular weight is 174 g/mol. The first-order valence-electron chi connectivity index (χ1n) is 3.98. The third-order valence-corrected chi connectivity index (χ3v) is 1.81. The van der Waals surface area contributed by atoms with Crippen molar-refractivity contribution in [1.82, 2.24) is 9.96 Å². The number of carbonyl (C=O) groups is 1. The molecule has 1 atom stereocenters. The van der Waals surface area contributed by atoms with Gasteiger partial charge < -0.3 is 10.0 Å². The number of rotatable bonds is 1. The summed E-state index contributed by atoms with van der Waals surface area (Å²) in [6, 6.07) is -0.200. The van der Waals surface area contributed by atoms with Gasteiger partial charge in [-0.25, -0.2) is 9.86 Å². The second-order valence-electron chi connectivity index (χ2n) is 2.81. The first-order chi connectivity index (χ1) is 5.65. The fraction of sp³-hybridized carbons (Fsp3) is 0.857. The summed E-state index contributed by atoms with van der Waals surface area (Å²) in [5.41, 5.74) is 0. The zero-order valence-corrected chi connectivity index (χ0v) is 7.36. The molecule has 0 bridgehead atoms. The van der Waals surface area contributed by atoms with Gasteiger partial charge in [-0.15, -0.1) is 0 Å². The van der Waals surface area contributed by atoms with Gasteiger partial charge in [0.05, 0.1) is 6.54 Å². The number of hydrogen-bond acceptors (Lipinski definition) is 3. The Morgan fingerprint density at radius 1 is 1.83 bits per heavy atom. The molecule has 0 radical (unpaired) electrons. The fourth-order valence-corrected chi connectivity index (χ4v) is 0.932. The smallest absolute Gasteiger partial charge is 0.343 e. The van der Waals surface area contributed by atoms with Gasteiger partial charge >= 0.3 is 6.03 Å². The molecule has 0 spiro atoms. The molecule has 12 heavy (non-hydrogen) atoms. The summed E-state index contributed by atoms with van der Waals surface area (Å²) >= 11 is 0. The summed E-state index contributed by atoms with van der Waals surface area (Å²) in [5.74, 6) is 0. The van der Waals surface area contributed by atoms with E-state index in [1.54, 1.807) is 7.05 Å². The zero-order valence-electron chi connectivity index (χ0n) is 7.36. The van der Waals surface area contributed by atoms with E-state index < -0.39 is 6.10 Å². The van der Waals surface area contributed by atoms with Gasteiger partial charge in [0.25, 0.3) is 0 Å². The van der Waals surface area contributed by atoms with Crippen molar-refractivity contribution in [3.63, 3.8) is 0 Å². The molecule has 0 aromatic carbocycles. The van der Waals surface area contributed by atoms with Gasteiger partial charge in [0, 0.05) is 13.6 Å². The molecule has 0 aliphatic carbocycles. The van der Waals surface area contributed by atoms with Gasteiger partial charge in [-0.1, -0.05) is 0 Å². The maximum Gasteiger partial charge on any atom is 0.343 e. The van der Waals surface area contributed by atoms with Crippen LogP contribution in [0.5, 0.6) is 0 Å². The van der Waals surface area contributed by atoms with E-state index in [2.05, 4.69) is 0 Å². The van der Waals surface area contributed by atoms with Crippen molar-refractivity contribution in [3.8, 4) is 0 Å². The quantitative estimate of drug-likeness (QED) is 0.592. The number of β-amino-alcohol motifs (C(OH)–C–C–N with tert-alkyl or cyclic N) is 1. The van der Waals surface area contributed by atoms with Crippen LogP contribution in [0.3, 0.4) is 0 Å². The van der Waals surface area contributed by atoms with Crippen molar-refractivity contribution < 1.29 is 14.7 Å². The Bertz CT molecular complexity index is 174. The molecule has 5 heteroatoms. The highest BCUT2D eigenvalue weighted by Crippen LogP contribution is 2.07. The second-order valence-corrected chi connectivity index (χ2v) is 2.81. The molecule has 0 aromatic rings. The summed E-state index contributed by atoms with van der Waals surface area (Å²) in [6.45, 7) is 2.99. The van der Waals surface area contributed by atoms with Crippen molar-refractivity contribution in [2.24, 2.45) is 0 Å². The lowest BCUT2D eigenvalue weighted by molar-refractivity contribution is -0.0764. The number of amides is 2. The van der Waals surface area contributed by atoms with E-state index in [0.717, 1.165) is 0 Å². The van der Waals surface area contributed by atoms with Crippen molar-refractivity contribution >= 4 is 6.03 Å². The second kappa shape index (κ2) is 3.73. The molecule has 1 fully saturated rings. The van der Waals surface area contributed by atoms with Crippen LogP contribution in [0.25, 0.3) is 0 Å². The van der Waals surface area contributed by atoms with Crippen LogP contribution < -0.4 is 0 Å². The monoisotopic (exact) mass is 174 g/mol. The Kier molecular flexibility index (Phi) is 2.88. The van der Waals surface area contributed by atoms with Crippen LogP contribution in [0.2, 0.25) is 0 Å². The molecular formula is C7H14N2O3. The van der Waals surface area contributed by atoms with Crippen LogP contribution in [0.4, 0.5) is 4.79 Å². The minimum atomic E-state index is -0.542. The van der Waals surface area contributed by atoms with Gasteiger partial charge in [-0.3, -0.25) is 4.84 Å². The van der Waals surface area contributed by atoms with Crippen molar-refractivity contribution in [2.75, 3.05) is 26.7 Å². The lowest BCUT2D eigenvalue weighted by atomic mass is 10.4. The van der Waals surface area contributed by atoms with Gasteiger partial charge in [-0.05, 0) is 6.92 Å². The highest BCUT2D eigenvalue weighted by molar-refractivity contribution is 5.73. The van der Waals surface area contributed by atoms with Crippen molar-refractivity contribution in [1.29, 1.82) is 0 Å². The number of aliphatic hydroxyl groups is 1. The number of nitrogens with zero attached hydrogens (tertiary/aromatic N) is 2. The average Bonchev–Trinajstić information content (AvgIpc) is 2.49. The number of aliphatic hydroxyl groups excluding tert-OH is 1. The van der Waals surface area contributed by atoms with E-state index in [0.29, 0.717) is 6.54 Å². The summed E-state index contributed by atoms with van der Waals surface area (Å²) in [7, 11) is 1.69. The van der Waals surface area contributed by atoms with Crippen LogP contribution in [0, 0.1) is 0 Å². The van der Waals surface area contributed by atoms with E-state index in [4.69, 9.17) is 9.94 Å². The van der Waals surface area contributed by atoms with E-state index in [1.807, 2.05) is 6.92 Å². The van der Waals surface area contributed by atoms with Crippen LogP contribution in [0.1, 0.15) is 6.92 Å². The topological polar surface area (TPSA) is 53.0 Å². The Morgan fingerprint density at radius 2 is 2.50 bits per heavy atom. The minimum absolute atomic E-state index is 0.200. The van der Waals surface area contributed by atoms with E-state index >= 15 is 0 Å². The molecule has 5 nitrogen and oxygen atoms in total. The number of carbonyl (C=O) groups excluding carboxylic acids is 1. The molecule has 0 saturated carbocycles. The molecule has 0 aromatic heterocycles. The molecule has 1 N–H and O–H groups in total. The third kappa shape index (κ3) is 1.86. The summed E-state index contributed by atoms with van der Waals surface area (Å²) in [4.78, 5) is 17.8. The Balaban J connectivity index is 2.43. The first-order valence-corrected chi connectivity index (χ1v) is 3.98. The predicted octanol–water partition coefficient (Wildman–Crippen LogP) is -0.334. The summed E-state index contributed by atoms with van der Waals surface area (Å²) in [6.07, 6.45) is -0.542. The van der Waals surface area contributed by atoms with E-state index in [-0.39, 0.29) is 19.2 Å². The van der Waals surface area contributed by atoms with Crippen molar-refractivity contribution in [3.05, 3.63) is 0 Å². The molecule has 1 aliphatic heterocycles. The van der Waals surface area contributed by atoms with E-state index in [1.165, 1.54) is 9.96 Å². The maximum absolute atomic E-state index is 11.3. The van der Waals surface area contributed by atoms with Crippen molar-refractivity contribution in [2.45, 2.75) is 13.0 Å². The standard InChI is InChI=1S/C7H14N2O3/c1-3-8(2)7(11)9-4-6(10)5-12-9/h6,10H,3-5H2,1-2H3/t6-/m0/s1. The predicted molar refractivity (Wildman–Crippen MR) is 42.4 cm³/mol. The Morgan fingerprint density at radius 3 is 2.92 bits per heavy atom. The van der Waals surface area contributed by atoms with Gasteiger partial charge in [0.2, 0.25) is 0 Å². The summed E-state index contributed by atoms with van der Waals surface area (Å²) in [5, 5.41) is 10.3. The number of urea groups is 1. The third-order valence-electron chi connectivity index (χ3n) is 1.81. The van der Waals surface area contributed by atoms with E-state index in [9.17, 15) is 4.79 Å². The number of hydroxylamine groups is 2. The van der Waals surface area contributed by atoms with Gasteiger partial charge in [0.1, 0.15) is 12.7 Å². The molecule has 1 aliphatic rings. The lowest BCUT2D eigenvalue weighted by Crippen LogP contribution is -2.39. The normalized spacial score (nSPS) is 22.9. The molecular weight excluding hydrogens is 160 g/mol. The molecule has 70 valence electrons. The highest BCUT2D eigenvalue weighted by Gasteiger charge is 2.27.